The molecule has 3 nitrogen and oxygen atoms in total. The van der Waals surface area contributed by atoms with E-state index in [1.807, 2.05) is 12.1 Å². The van der Waals surface area contributed by atoms with Crippen molar-refractivity contribution < 1.29 is 9.53 Å². The van der Waals surface area contributed by atoms with Crippen molar-refractivity contribution in [3.8, 4) is 0 Å². The van der Waals surface area contributed by atoms with Crippen molar-refractivity contribution in [3.05, 3.63) is 29.3 Å². The van der Waals surface area contributed by atoms with E-state index in [0.717, 1.165) is 44.6 Å². The predicted octanol–water partition coefficient (Wildman–Crippen LogP) is 2.65. The van der Waals surface area contributed by atoms with Crippen LogP contribution in [0.25, 0.3) is 0 Å². The van der Waals surface area contributed by atoms with Crippen LogP contribution in [0.3, 0.4) is 0 Å². The number of nitrogens with one attached hydrogen (secondary N) is 1. The smallest absolute Gasteiger partial charge is 0.163 e. The lowest BCUT2D eigenvalue weighted by molar-refractivity contribution is 0.0601. The monoisotopic (exact) mass is 245 g/mol. The largest absolute Gasteiger partial charge is 0.384 e. The minimum Gasteiger partial charge on any atom is -0.384 e. The van der Waals surface area contributed by atoms with E-state index in [-0.39, 0.29) is 5.78 Å². The first-order valence-electron chi connectivity index (χ1n) is 6.80. The Morgan fingerprint density at radius 2 is 2.17 bits per heavy atom. The molecule has 2 aliphatic rings. The molecule has 0 aliphatic carbocycles. The Morgan fingerprint density at radius 3 is 3.00 bits per heavy atom. The molecule has 1 aromatic rings. The molecule has 1 aromatic carbocycles. The van der Waals surface area contributed by atoms with Crippen molar-refractivity contribution in [2.75, 3.05) is 25.1 Å². The molecule has 0 bridgehead atoms. The van der Waals surface area contributed by atoms with Crippen LogP contribution in [0.1, 0.15) is 35.2 Å². The Hall–Kier alpha value is -1.35. The van der Waals surface area contributed by atoms with Crippen LogP contribution < -0.4 is 5.32 Å². The van der Waals surface area contributed by atoms with Crippen LogP contribution >= 0.6 is 0 Å². The lowest BCUT2D eigenvalue weighted by atomic mass is 9.91. The first kappa shape index (κ1) is 11.7. The van der Waals surface area contributed by atoms with Gasteiger partial charge in [-0.1, -0.05) is 0 Å². The lowest BCUT2D eigenvalue weighted by Gasteiger charge is -2.21. The van der Waals surface area contributed by atoms with Gasteiger partial charge in [-0.25, -0.2) is 0 Å². The molecule has 0 amide bonds. The second-order valence-electron chi connectivity index (χ2n) is 5.23. The number of rotatable bonds is 3. The van der Waals surface area contributed by atoms with Crippen molar-refractivity contribution in [2.45, 2.75) is 25.7 Å². The van der Waals surface area contributed by atoms with Gasteiger partial charge >= 0.3 is 0 Å². The quantitative estimate of drug-likeness (QED) is 0.832. The van der Waals surface area contributed by atoms with E-state index in [1.54, 1.807) is 0 Å². The van der Waals surface area contributed by atoms with Gasteiger partial charge in [0, 0.05) is 37.4 Å². The zero-order chi connectivity index (χ0) is 12.4. The minimum absolute atomic E-state index is 0.289. The molecule has 0 saturated carbocycles. The average molecular weight is 245 g/mol. The summed E-state index contributed by atoms with van der Waals surface area (Å²) in [4.78, 5) is 12.3. The molecule has 1 saturated heterocycles. The predicted molar refractivity (Wildman–Crippen MR) is 71.1 cm³/mol. The lowest BCUT2D eigenvalue weighted by Crippen LogP contribution is -2.18. The van der Waals surface area contributed by atoms with Crippen molar-refractivity contribution in [2.24, 2.45) is 5.92 Å². The highest BCUT2D eigenvalue weighted by Crippen LogP contribution is 2.25. The van der Waals surface area contributed by atoms with Gasteiger partial charge in [-0.2, -0.15) is 0 Å². The summed E-state index contributed by atoms with van der Waals surface area (Å²) >= 11 is 0. The number of benzene rings is 1. The second-order valence-corrected chi connectivity index (χ2v) is 5.23. The zero-order valence-electron chi connectivity index (χ0n) is 10.6. The summed E-state index contributed by atoms with van der Waals surface area (Å²) in [5, 5.41) is 3.32. The number of ether oxygens (including phenoxy) is 1. The fraction of sp³-hybridized carbons (Fsp3) is 0.533. The molecule has 3 rings (SSSR count). The summed E-state index contributed by atoms with van der Waals surface area (Å²) in [6.45, 7) is 2.62. The molecule has 2 aliphatic heterocycles. The minimum atomic E-state index is 0.289. The topological polar surface area (TPSA) is 38.3 Å². The van der Waals surface area contributed by atoms with Gasteiger partial charge in [0.05, 0.1) is 0 Å². The highest BCUT2D eigenvalue weighted by Gasteiger charge is 2.19. The van der Waals surface area contributed by atoms with Gasteiger partial charge in [0.1, 0.15) is 0 Å². The third-order valence-corrected chi connectivity index (χ3v) is 3.95. The number of carbonyl (C=O) groups excluding carboxylic acids is 1. The van der Waals surface area contributed by atoms with Crippen LogP contribution in [0.5, 0.6) is 0 Å². The molecule has 0 atom stereocenters. The number of hydrogen-bond donors (Lipinski definition) is 1. The number of anilines is 1. The molecule has 1 N–H and O–H groups in total. The van der Waals surface area contributed by atoms with Crippen LogP contribution in [-0.4, -0.2) is 25.5 Å². The SMILES string of the molecule is O=C(CC1CCOCC1)c1ccc2c(c1)CCN2. The van der Waals surface area contributed by atoms with Crippen molar-refractivity contribution in [3.63, 3.8) is 0 Å². The van der Waals surface area contributed by atoms with Gasteiger partial charge in [-0.3, -0.25) is 4.79 Å². The van der Waals surface area contributed by atoms with Gasteiger partial charge < -0.3 is 10.1 Å². The van der Waals surface area contributed by atoms with E-state index < -0.39 is 0 Å². The number of fused-ring (bicyclic) bond motifs is 1. The van der Waals surface area contributed by atoms with E-state index >= 15 is 0 Å². The molecule has 96 valence electrons. The number of hydrogen-bond acceptors (Lipinski definition) is 3. The standard InChI is InChI=1S/C15H19NO2/c17-15(9-11-4-7-18-8-5-11)13-1-2-14-12(10-13)3-6-16-14/h1-2,10-11,16H,3-9H2. The molecule has 1 fully saturated rings. The molecule has 0 radical (unpaired) electrons. The van der Waals surface area contributed by atoms with Gasteiger partial charge in [-0.05, 0) is 48.9 Å². The summed E-state index contributed by atoms with van der Waals surface area (Å²) in [7, 11) is 0. The van der Waals surface area contributed by atoms with Gasteiger partial charge in [0.25, 0.3) is 0 Å². The molecule has 18 heavy (non-hydrogen) atoms. The summed E-state index contributed by atoms with van der Waals surface area (Å²) in [5.41, 5.74) is 3.36. The van der Waals surface area contributed by atoms with Gasteiger partial charge in [-0.15, -0.1) is 0 Å². The third kappa shape index (κ3) is 2.41. The molecule has 0 spiro atoms. The van der Waals surface area contributed by atoms with E-state index in [0.29, 0.717) is 12.3 Å². The fourth-order valence-electron chi connectivity index (χ4n) is 2.81. The van der Waals surface area contributed by atoms with Crippen molar-refractivity contribution in [1.82, 2.24) is 0 Å². The average Bonchev–Trinajstić information content (AvgIpc) is 2.87. The van der Waals surface area contributed by atoms with Gasteiger partial charge in [0.15, 0.2) is 5.78 Å². The maximum atomic E-state index is 12.3. The Bertz CT molecular complexity index is 450. The summed E-state index contributed by atoms with van der Waals surface area (Å²) in [5.74, 6) is 0.800. The van der Waals surface area contributed by atoms with Crippen LogP contribution in [-0.2, 0) is 11.2 Å². The summed E-state index contributed by atoms with van der Waals surface area (Å²) in [6.07, 6.45) is 3.76. The number of Topliss-reactive ketones (excluding diaryl/α,β-unsaturated/α-hetero) is 1. The van der Waals surface area contributed by atoms with Crippen molar-refractivity contribution >= 4 is 11.5 Å². The summed E-state index contributed by atoms with van der Waals surface area (Å²) in [6, 6.07) is 6.06. The zero-order valence-corrected chi connectivity index (χ0v) is 10.6. The first-order valence-corrected chi connectivity index (χ1v) is 6.80. The Morgan fingerprint density at radius 1 is 1.33 bits per heavy atom. The van der Waals surface area contributed by atoms with E-state index in [4.69, 9.17) is 4.74 Å². The van der Waals surface area contributed by atoms with Crippen LogP contribution in [0.2, 0.25) is 0 Å². The fourth-order valence-corrected chi connectivity index (χ4v) is 2.81. The highest BCUT2D eigenvalue weighted by atomic mass is 16.5. The van der Waals surface area contributed by atoms with E-state index in [9.17, 15) is 4.79 Å². The second kappa shape index (κ2) is 5.11. The molecule has 0 aromatic heterocycles. The van der Waals surface area contributed by atoms with Crippen molar-refractivity contribution in [1.29, 1.82) is 0 Å². The molecular formula is C15H19NO2. The maximum absolute atomic E-state index is 12.3. The first-order chi connectivity index (χ1) is 8.83. The third-order valence-electron chi connectivity index (χ3n) is 3.95. The maximum Gasteiger partial charge on any atom is 0.163 e. The Kier molecular flexibility index (Phi) is 3.33. The molecule has 3 heteroatoms. The summed E-state index contributed by atoms with van der Waals surface area (Å²) < 4.78 is 5.33. The Balaban J connectivity index is 1.68. The molecule has 2 heterocycles. The van der Waals surface area contributed by atoms with E-state index in [2.05, 4.69) is 11.4 Å². The van der Waals surface area contributed by atoms with Gasteiger partial charge in [0.2, 0.25) is 0 Å². The van der Waals surface area contributed by atoms with Crippen LogP contribution in [0.15, 0.2) is 18.2 Å². The normalized spacial score (nSPS) is 19.3. The highest BCUT2D eigenvalue weighted by molar-refractivity contribution is 5.97. The molecule has 0 unspecified atom stereocenters. The van der Waals surface area contributed by atoms with E-state index in [1.165, 1.54) is 11.3 Å². The van der Waals surface area contributed by atoms with Crippen LogP contribution in [0.4, 0.5) is 5.69 Å². The number of ketones is 1. The number of carbonyl (C=O) groups is 1. The Labute approximate surface area is 108 Å². The van der Waals surface area contributed by atoms with Crippen LogP contribution in [0, 0.1) is 5.92 Å². The molecular weight excluding hydrogens is 226 g/mol.